The van der Waals surface area contributed by atoms with Crippen molar-refractivity contribution in [2.24, 2.45) is 0 Å². The normalized spacial score (nSPS) is 11.2. The van der Waals surface area contributed by atoms with Gasteiger partial charge in [0.15, 0.2) is 5.76 Å². The number of furan rings is 1. The van der Waals surface area contributed by atoms with Gasteiger partial charge in [0.1, 0.15) is 5.82 Å². The number of hydrogen-bond donors (Lipinski definition) is 1. The summed E-state index contributed by atoms with van der Waals surface area (Å²) in [5.41, 5.74) is 2.21. The fourth-order valence-corrected chi connectivity index (χ4v) is 3.75. The van der Waals surface area contributed by atoms with Gasteiger partial charge in [-0.2, -0.15) is 0 Å². The van der Waals surface area contributed by atoms with Crippen LogP contribution in [0.1, 0.15) is 74.7 Å². The monoisotopic (exact) mass is 395 g/mol. The molecular weight excluding hydrogens is 362 g/mol. The zero-order chi connectivity index (χ0) is 20.3. The van der Waals surface area contributed by atoms with Gasteiger partial charge in [-0.1, -0.05) is 64.0 Å². The van der Waals surface area contributed by atoms with Crippen molar-refractivity contribution in [3.8, 4) is 0 Å². The maximum atomic E-state index is 12.1. The third kappa shape index (κ3) is 6.21. The highest BCUT2D eigenvalue weighted by atomic mass is 16.3. The molecule has 0 aliphatic rings. The van der Waals surface area contributed by atoms with Gasteiger partial charge >= 0.3 is 0 Å². The number of nitrogens with zero attached hydrogens (tertiary/aromatic N) is 2. The summed E-state index contributed by atoms with van der Waals surface area (Å²) in [6.45, 7) is 3.78. The Morgan fingerprint density at radius 1 is 1.00 bits per heavy atom. The average molecular weight is 396 g/mol. The molecule has 29 heavy (non-hydrogen) atoms. The van der Waals surface area contributed by atoms with Crippen LogP contribution in [0.15, 0.2) is 47.1 Å². The molecule has 3 rings (SSSR count). The van der Waals surface area contributed by atoms with Gasteiger partial charge in [-0.15, -0.1) is 0 Å². The topological polar surface area (TPSA) is 60.1 Å². The van der Waals surface area contributed by atoms with E-state index in [2.05, 4.69) is 35.0 Å². The largest absolute Gasteiger partial charge is 0.459 e. The van der Waals surface area contributed by atoms with Crippen LogP contribution in [0.25, 0.3) is 11.0 Å². The minimum atomic E-state index is -0.180. The SMILES string of the molecule is CCCCCCCCCCn1c(CCNC(=O)c2ccco2)nc2ccccc21. The minimum absolute atomic E-state index is 0.180. The molecule has 1 amide bonds. The molecule has 0 saturated carbocycles. The van der Waals surface area contributed by atoms with Gasteiger partial charge in [0.2, 0.25) is 0 Å². The van der Waals surface area contributed by atoms with E-state index in [1.807, 2.05) is 6.07 Å². The van der Waals surface area contributed by atoms with Crippen molar-refractivity contribution in [2.45, 2.75) is 71.3 Å². The van der Waals surface area contributed by atoms with E-state index in [-0.39, 0.29) is 5.91 Å². The minimum Gasteiger partial charge on any atom is -0.459 e. The lowest BCUT2D eigenvalue weighted by Gasteiger charge is -2.10. The van der Waals surface area contributed by atoms with Crippen molar-refractivity contribution in [1.29, 1.82) is 0 Å². The molecule has 1 N–H and O–H groups in total. The number of carbonyl (C=O) groups excluding carboxylic acids is 1. The van der Waals surface area contributed by atoms with Gasteiger partial charge in [0, 0.05) is 19.5 Å². The molecule has 0 radical (unpaired) electrons. The Balaban J connectivity index is 1.51. The van der Waals surface area contributed by atoms with E-state index >= 15 is 0 Å². The van der Waals surface area contributed by atoms with E-state index in [1.165, 1.54) is 63.1 Å². The highest BCUT2D eigenvalue weighted by Crippen LogP contribution is 2.18. The van der Waals surface area contributed by atoms with Crippen LogP contribution in [0.3, 0.4) is 0 Å². The zero-order valence-corrected chi connectivity index (χ0v) is 17.5. The molecule has 0 bridgehead atoms. The zero-order valence-electron chi connectivity index (χ0n) is 17.5. The van der Waals surface area contributed by atoms with Gasteiger partial charge in [-0.25, -0.2) is 4.98 Å². The molecule has 0 unspecified atom stereocenters. The average Bonchev–Trinajstić information content (AvgIpc) is 3.38. The number of para-hydroxylation sites is 2. The van der Waals surface area contributed by atoms with E-state index in [0.717, 1.165) is 17.9 Å². The van der Waals surface area contributed by atoms with Crippen LogP contribution in [0, 0.1) is 0 Å². The number of imidazole rings is 1. The summed E-state index contributed by atoms with van der Waals surface area (Å²) in [5.74, 6) is 1.20. The molecular formula is C24H33N3O2. The van der Waals surface area contributed by atoms with Crippen molar-refractivity contribution >= 4 is 16.9 Å². The second kappa shape index (κ2) is 11.4. The molecule has 0 atom stereocenters. The number of rotatable bonds is 13. The fourth-order valence-electron chi connectivity index (χ4n) is 3.75. The second-order valence-corrected chi connectivity index (χ2v) is 7.63. The van der Waals surface area contributed by atoms with E-state index in [4.69, 9.17) is 9.40 Å². The second-order valence-electron chi connectivity index (χ2n) is 7.63. The third-order valence-electron chi connectivity index (χ3n) is 5.35. The lowest BCUT2D eigenvalue weighted by atomic mass is 10.1. The third-order valence-corrected chi connectivity index (χ3v) is 5.35. The fraction of sp³-hybridized carbons (Fsp3) is 0.500. The molecule has 3 aromatic rings. The van der Waals surface area contributed by atoms with E-state index in [9.17, 15) is 4.79 Å². The van der Waals surface area contributed by atoms with Crippen LogP contribution < -0.4 is 5.32 Å². The number of aromatic nitrogens is 2. The maximum Gasteiger partial charge on any atom is 0.286 e. The van der Waals surface area contributed by atoms with Crippen LogP contribution in [-0.4, -0.2) is 22.0 Å². The first-order valence-electron chi connectivity index (χ1n) is 11.1. The number of benzene rings is 1. The van der Waals surface area contributed by atoms with Crippen LogP contribution in [0.5, 0.6) is 0 Å². The predicted octanol–water partition coefficient (Wildman–Crippen LogP) is 5.74. The number of nitrogens with one attached hydrogen (secondary N) is 1. The summed E-state index contributed by atoms with van der Waals surface area (Å²) in [5, 5.41) is 2.92. The summed E-state index contributed by atoms with van der Waals surface area (Å²) in [4.78, 5) is 16.9. The molecule has 0 saturated heterocycles. The summed E-state index contributed by atoms with van der Waals surface area (Å²) in [6.07, 6.45) is 12.7. The quantitative estimate of drug-likeness (QED) is 0.375. The molecule has 156 valence electrons. The predicted molar refractivity (Wildman–Crippen MR) is 117 cm³/mol. The highest BCUT2D eigenvalue weighted by molar-refractivity contribution is 5.91. The summed E-state index contributed by atoms with van der Waals surface area (Å²) in [7, 11) is 0. The number of hydrogen-bond acceptors (Lipinski definition) is 3. The highest BCUT2D eigenvalue weighted by Gasteiger charge is 2.12. The van der Waals surface area contributed by atoms with Crippen molar-refractivity contribution in [2.75, 3.05) is 6.54 Å². The van der Waals surface area contributed by atoms with E-state index in [0.29, 0.717) is 18.7 Å². The number of unbranched alkanes of at least 4 members (excludes halogenated alkanes) is 7. The van der Waals surface area contributed by atoms with Crippen LogP contribution in [0.2, 0.25) is 0 Å². The molecule has 0 spiro atoms. The van der Waals surface area contributed by atoms with Gasteiger partial charge in [0.25, 0.3) is 5.91 Å². The summed E-state index contributed by atoms with van der Waals surface area (Å²) in [6, 6.07) is 11.7. The number of aryl methyl sites for hydroxylation is 1. The molecule has 2 heterocycles. The first-order valence-corrected chi connectivity index (χ1v) is 11.1. The first-order chi connectivity index (χ1) is 14.3. The van der Waals surface area contributed by atoms with Crippen molar-refractivity contribution < 1.29 is 9.21 Å². The lowest BCUT2D eigenvalue weighted by molar-refractivity contribution is 0.0926. The van der Waals surface area contributed by atoms with Crippen LogP contribution in [-0.2, 0) is 13.0 Å². The van der Waals surface area contributed by atoms with Crippen molar-refractivity contribution in [3.63, 3.8) is 0 Å². The molecule has 1 aromatic carbocycles. The Kier molecular flexibility index (Phi) is 8.35. The van der Waals surface area contributed by atoms with Crippen LogP contribution >= 0.6 is 0 Å². The Labute approximate surface area is 173 Å². The first kappa shape index (κ1) is 21.2. The number of amides is 1. The summed E-state index contributed by atoms with van der Waals surface area (Å²) < 4.78 is 7.47. The molecule has 0 aliphatic heterocycles. The Bertz CT molecular complexity index is 868. The van der Waals surface area contributed by atoms with Crippen molar-refractivity contribution in [1.82, 2.24) is 14.9 Å². The van der Waals surface area contributed by atoms with E-state index < -0.39 is 0 Å². The lowest BCUT2D eigenvalue weighted by Crippen LogP contribution is -2.26. The van der Waals surface area contributed by atoms with Gasteiger partial charge in [0.05, 0.1) is 17.3 Å². The van der Waals surface area contributed by atoms with Gasteiger partial charge in [-0.05, 0) is 30.7 Å². The Morgan fingerprint density at radius 3 is 2.52 bits per heavy atom. The maximum absolute atomic E-state index is 12.1. The van der Waals surface area contributed by atoms with Crippen LogP contribution in [0.4, 0.5) is 0 Å². The molecule has 2 aromatic heterocycles. The molecule has 0 aliphatic carbocycles. The molecule has 0 fully saturated rings. The molecule has 5 heteroatoms. The van der Waals surface area contributed by atoms with Gasteiger partial charge < -0.3 is 14.3 Å². The molecule has 5 nitrogen and oxygen atoms in total. The van der Waals surface area contributed by atoms with Gasteiger partial charge in [-0.3, -0.25) is 4.79 Å². The Hall–Kier alpha value is -2.56. The number of carbonyl (C=O) groups is 1. The Morgan fingerprint density at radius 2 is 1.76 bits per heavy atom. The number of fused-ring (bicyclic) bond motifs is 1. The summed E-state index contributed by atoms with van der Waals surface area (Å²) >= 11 is 0. The standard InChI is InChI=1S/C24H33N3O2/c1-2-3-4-5-6-7-8-11-18-27-21-14-10-9-13-20(21)26-23(27)16-17-25-24(28)22-15-12-19-29-22/h9-10,12-15,19H,2-8,11,16-18H2,1H3,(H,25,28). The smallest absolute Gasteiger partial charge is 0.286 e. The van der Waals surface area contributed by atoms with E-state index in [1.54, 1.807) is 12.1 Å². The van der Waals surface area contributed by atoms with Crippen molar-refractivity contribution in [3.05, 3.63) is 54.2 Å².